The lowest BCUT2D eigenvalue weighted by Crippen LogP contribution is -2.35. The van der Waals surface area contributed by atoms with Gasteiger partial charge in [0.25, 0.3) is 5.56 Å². The second-order valence-corrected chi connectivity index (χ2v) is 11.0. The van der Waals surface area contributed by atoms with Gasteiger partial charge in [-0.2, -0.15) is 0 Å². The number of H-pyrrole nitrogens is 1. The number of anilines is 1. The fourth-order valence-electron chi connectivity index (χ4n) is 4.50. The van der Waals surface area contributed by atoms with Gasteiger partial charge in [-0.3, -0.25) is 9.52 Å². The van der Waals surface area contributed by atoms with E-state index >= 15 is 0 Å². The molecule has 1 aromatic carbocycles. The van der Waals surface area contributed by atoms with Crippen LogP contribution < -0.4 is 15.0 Å². The van der Waals surface area contributed by atoms with Crippen molar-refractivity contribution in [3.8, 4) is 16.9 Å². The van der Waals surface area contributed by atoms with Gasteiger partial charge < -0.3 is 19.2 Å². The third-order valence-electron chi connectivity index (χ3n) is 6.48. The van der Waals surface area contributed by atoms with Crippen LogP contribution in [-0.2, 0) is 17.1 Å². The van der Waals surface area contributed by atoms with E-state index in [1.54, 1.807) is 38.5 Å². The number of hydrogen-bond acceptors (Lipinski definition) is 5. The molecule has 1 aliphatic carbocycles. The second kappa shape index (κ2) is 9.23. The van der Waals surface area contributed by atoms with Crippen molar-refractivity contribution in [2.45, 2.75) is 44.8 Å². The summed E-state index contributed by atoms with van der Waals surface area (Å²) in [5.74, 6) is 0.668. The predicted octanol–water partition coefficient (Wildman–Crippen LogP) is 3.55. The van der Waals surface area contributed by atoms with Crippen molar-refractivity contribution in [3.05, 3.63) is 47.0 Å². The first-order chi connectivity index (χ1) is 15.7. The Bertz CT molecular complexity index is 1300. The molecule has 2 aromatic heterocycles. The highest BCUT2D eigenvalue weighted by Gasteiger charge is 2.25. The van der Waals surface area contributed by atoms with E-state index in [1.807, 2.05) is 12.1 Å². The van der Waals surface area contributed by atoms with Gasteiger partial charge in [0.1, 0.15) is 11.3 Å². The van der Waals surface area contributed by atoms with E-state index < -0.39 is 10.0 Å². The van der Waals surface area contributed by atoms with Gasteiger partial charge in [0, 0.05) is 47.7 Å². The first-order valence-corrected chi connectivity index (χ1v) is 13.0. The molecule has 0 amide bonds. The number of rotatable bonds is 7. The van der Waals surface area contributed by atoms with E-state index in [1.165, 1.54) is 4.57 Å². The number of benzene rings is 1. The predicted molar refractivity (Wildman–Crippen MR) is 132 cm³/mol. The Morgan fingerprint density at radius 2 is 1.88 bits per heavy atom. The number of aromatic nitrogens is 2. The first-order valence-electron chi connectivity index (χ1n) is 11.3. The molecule has 0 atom stereocenters. The molecule has 0 saturated heterocycles. The third kappa shape index (κ3) is 4.94. The van der Waals surface area contributed by atoms with Crippen molar-refractivity contribution in [2.24, 2.45) is 7.05 Å². The number of fused-ring (bicyclic) bond motifs is 1. The molecular weight excluding hydrogens is 440 g/mol. The standard InChI is InChI=1S/C24H32N4O4S/c1-5-33(30,31)26-16-6-11-22(32-18-9-7-17(8-10-18)27(2)3)20(14-16)21-15-28(4)24(29)23-19(21)12-13-25-23/h6,11-15,17-18,25-26H,5,7-10H2,1-4H3. The van der Waals surface area contributed by atoms with Crippen molar-refractivity contribution in [1.29, 1.82) is 0 Å². The molecule has 1 fully saturated rings. The van der Waals surface area contributed by atoms with Crippen LogP contribution in [0.15, 0.2) is 41.5 Å². The summed E-state index contributed by atoms with van der Waals surface area (Å²) in [5, 5.41) is 0.773. The van der Waals surface area contributed by atoms with Crippen molar-refractivity contribution in [2.75, 3.05) is 24.6 Å². The Morgan fingerprint density at radius 3 is 2.55 bits per heavy atom. The summed E-state index contributed by atoms with van der Waals surface area (Å²) in [7, 11) is 2.50. The maximum Gasteiger partial charge on any atom is 0.274 e. The second-order valence-electron chi connectivity index (χ2n) is 8.95. The molecule has 4 rings (SSSR count). The van der Waals surface area contributed by atoms with Gasteiger partial charge in [0.05, 0.1) is 11.9 Å². The van der Waals surface area contributed by atoms with Crippen LogP contribution in [0.3, 0.4) is 0 Å². The van der Waals surface area contributed by atoms with Crippen LogP contribution in [0.25, 0.3) is 22.0 Å². The fourth-order valence-corrected chi connectivity index (χ4v) is 5.13. The number of nitrogens with zero attached hydrogens (tertiary/aromatic N) is 2. The third-order valence-corrected chi connectivity index (χ3v) is 7.79. The number of nitrogens with one attached hydrogen (secondary N) is 2. The summed E-state index contributed by atoms with van der Waals surface area (Å²) < 4.78 is 35.0. The van der Waals surface area contributed by atoms with Gasteiger partial charge in [0.2, 0.25) is 10.0 Å². The Balaban J connectivity index is 1.76. The maximum atomic E-state index is 12.6. The van der Waals surface area contributed by atoms with E-state index in [9.17, 15) is 13.2 Å². The number of aryl methyl sites for hydroxylation is 1. The molecular formula is C24H32N4O4S. The molecule has 0 radical (unpaired) electrons. The molecule has 1 aliphatic rings. The lowest BCUT2D eigenvalue weighted by molar-refractivity contribution is 0.111. The molecule has 9 heteroatoms. The molecule has 33 heavy (non-hydrogen) atoms. The monoisotopic (exact) mass is 472 g/mol. The van der Waals surface area contributed by atoms with Gasteiger partial charge in [-0.1, -0.05) is 0 Å². The molecule has 2 heterocycles. The summed E-state index contributed by atoms with van der Waals surface area (Å²) in [4.78, 5) is 17.9. The minimum atomic E-state index is -3.43. The van der Waals surface area contributed by atoms with E-state index in [-0.39, 0.29) is 17.4 Å². The minimum absolute atomic E-state index is 0.0163. The van der Waals surface area contributed by atoms with E-state index in [0.29, 0.717) is 23.0 Å². The van der Waals surface area contributed by atoms with Crippen molar-refractivity contribution in [1.82, 2.24) is 14.5 Å². The van der Waals surface area contributed by atoms with Crippen LogP contribution in [-0.4, -0.2) is 54.9 Å². The molecule has 2 N–H and O–H groups in total. The summed E-state index contributed by atoms with van der Waals surface area (Å²) in [5.41, 5.74) is 2.41. The quantitative estimate of drug-likeness (QED) is 0.548. The molecule has 3 aromatic rings. The van der Waals surface area contributed by atoms with Gasteiger partial charge >= 0.3 is 0 Å². The first kappa shape index (κ1) is 23.4. The summed E-state index contributed by atoms with van der Waals surface area (Å²) >= 11 is 0. The number of hydrogen-bond donors (Lipinski definition) is 2. The van der Waals surface area contributed by atoms with Gasteiger partial charge in [-0.05, 0) is 71.0 Å². The number of pyridine rings is 1. The van der Waals surface area contributed by atoms with E-state index in [2.05, 4.69) is 28.7 Å². The molecule has 0 spiro atoms. The lowest BCUT2D eigenvalue weighted by Gasteiger charge is -2.33. The number of aromatic amines is 1. The largest absolute Gasteiger partial charge is 0.490 e. The smallest absolute Gasteiger partial charge is 0.274 e. The summed E-state index contributed by atoms with van der Waals surface area (Å²) in [6.45, 7) is 1.60. The highest BCUT2D eigenvalue weighted by Crippen LogP contribution is 2.38. The topological polar surface area (TPSA) is 96.4 Å². The number of ether oxygens (including phenoxy) is 1. The Labute approximate surface area is 194 Å². The van der Waals surface area contributed by atoms with Crippen LogP contribution in [0, 0.1) is 0 Å². The average Bonchev–Trinajstić information content (AvgIpc) is 3.28. The Kier molecular flexibility index (Phi) is 6.54. The minimum Gasteiger partial charge on any atom is -0.490 e. The van der Waals surface area contributed by atoms with Gasteiger partial charge in [0.15, 0.2) is 0 Å². The summed E-state index contributed by atoms with van der Waals surface area (Å²) in [6.07, 6.45) is 7.67. The fraction of sp³-hybridized carbons (Fsp3) is 0.458. The Morgan fingerprint density at radius 1 is 1.15 bits per heavy atom. The highest BCUT2D eigenvalue weighted by atomic mass is 32.2. The van der Waals surface area contributed by atoms with Crippen molar-refractivity contribution >= 4 is 26.6 Å². The maximum absolute atomic E-state index is 12.6. The SMILES string of the molecule is CCS(=O)(=O)Nc1ccc(OC2CCC(N(C)C)CC2)c(-c2cn(C)c(=O)c3[nH]ccc23)c1. The van der Waals surface area contributed by atoms with Crippen LogP contribution in [0.4, 0.5) is 5.69 Å². The zero-order valence-electron chi connectivity index (χ0n) is 19.6. The average molecular weight is 473 g/mol. The zero-order valence-corrected chi connectivity index (χ0v) is 20.4. The van der Waals surface area contributed by atoms with Crippen molar-refractivity contribution < 1.29 is 13.2 Å². The van der Waals surface area contributed by atoms with E-state index in [4.69, 9.17) is 4.74 Å². The lowest BCUT2D eigenvalue weighted by atomic mass is 9.92. The molecule has 0 bridgehead atoms. The van der Waals surface area contributed by atoms with E-state index in [0.717, 1.165) is 42.2 Å². The molecule has 8 nitrogen and oxygen atoms in total. The molecule has 0 unspecified atom stereocenters. The molecule has 178 valence electrons. The molecule has 1 saturated carbocycles. The van der Waals surface area contributed by atoms with Crippen LogP contribution in [0.2, 0.25) is 0 Å². The highest BCUT2D eigenvalue weighted by molar-refractivity contribution is 7.92. The van der Waals surface area contributed by atoms with Gasteiger partial charge in [-0.15, -0.1) is 0 Å². The Hall–Kier alpha value is -2.78. The number of sulfonamides is 1. The normalized spacial score (nSPS) is 19.2. The van der Waals surface area contributed by atoms with Gasteiger partial charge in [-0.25, -0.2) is 8.42 Å². The zero-order chi connectivity index (χ0) is 23.8. The summed E-state index contributed by atoms with van der Waals surface area (Å²) in [6, 6.07) is 7.78. The van der Waals surface area contributed by atoms with Crippen LogP contribution >= 0.6 is 0 Å². The molecule has 0 aliphatic heterocycles. The van der Waals surface area contributed by atoms with Crippen LogP contribution in [0.1, 0.15) is 32.6 Å². The van der Waals surface area contributed by atoms with Crippen LogP contribution in [0.5, 0.6) is 5.75 Å². The van der Waals surface area contributed by atoms with Crippen molar-refractivity contribution in [3.63, 3.8) is 0 Å².